The van der Waals surface area contributed by atoms with E-state index in [2.05, 4.69) is 372 Å². The van der Waals surface area contributed by atoms with E-state index in [4.69, 9.17) is 0 Å². The minimum atomic E-state index is -0.218. The molecular weight excluding hydrogens is 1090 g/mol. The molecule has 432 valence electrons. The van der Waals surface area contributed by atoms with Gasteiger partial charge in [0.1, 0.15) is 0 Å². The van der Waals surface area contributed by atoms with E-state index in [0.717, 1.165) is 105 Å². The van der Waals surface area contributed by atoms with Crippen LogP contribution in [0.1, 0.15) is 42.4 Å². The molecule has 90 heavy (non-hydrogen) atoms. The van der Waals surface area contributed by atoms with Gasteiger partial charge >= 0.3 is 0 Å². The van der Waals surface area contributed by atoms with Crippen LogP contribution in [0.2, 0.25) is 0 Å². The number of rotatable bonds is 16. The fourth-order valence-electron chi connectivity index (χ4n) is 14.0. The second-order valence-corrected chi connectivity index (χ2v) is 23.7. The van der Waals surface area contributed by atoms with Crippen molar-refractivity contribution in [1.82, 2.24) is 0 Å². The van der Waals surface area contributed by atoms with Crippen molar-refractivity contribution in [2.45, 2.75) is 38.0 Å². The van der Waals surface area contributed by atoms with Crippen molar-refractivity contribution in [3.05, 3.63) is 362 Å². The van der Waals surface area contributed by atoms with E-state index in [1.165, 1.54) is 49.4 Å². The quantitative estimate of drug-likeness (QED) is 0.0956. The first-order valence-corrected chi connectivity index (χ1v) is 31.5. The summed E-state index contributed by atoms with van der Waals surface area (Å²) in [5, 5.41) is 4.84. The van der Waals surface area contributed by atoms with Crippen LogP contribution < -0.4 is 19.6 Å². The second-order valence-electron chi connectivity index (χ2n) is 23.7. The molecule has 14 aromatic carbocycles. The van der Waals surface area contributed by atoms with Crippen molar-refractivity contribution in [3.63, 3.8) is 0 Å². The van der Waals surface area contributed by atoms with Gasteiger partial charge < -0.3 is 19.6 Å². The third-order valence-corrected chi connectivity index (χ3v) is 18.4. The number of hydrogen-bond donors (Lipinski definition) is 0. The Labute approximate surface area is 529 Å². The molecule has 0 N–H and O–H groups in total. The highest BCUT2D eigenvalue weighted by Gasteiger charge is 2.39. The Morgan fingerprint density at radius 1 is 0.244 bits per heavy atom. The third-order valence-electron chi connectivity index (χ3n) is 18.4. The average Bonchev–Trinajstić information content (AvgIpc) is 1.32. The summed E-state index contributed by atoms with van der Waals surface area (Å²) in [6.45, 7) is 2.32. The fourth-order valence-corrected chi connectivity index (χ4v) is 14.0. The first-order valence-electron chi connectivity index (χ1n) is 31.5. The Bertz CT molecular complexity index is 4670. The molecule has 14 aromatic rings. The lowest BCUT2D eigenvalue weighted by Gasteiger charge is -2.35. The maximum Gasteiger partial charge on any atom is 0.0540 e. The molecular formula is C86H68N4. The zero-order valence-corrected chi connectivity index (χ0v) is 50.5. The van der Waals surface area contributed by atoms with Gasteiger partial charge in [-0.25, -0.2) is 0 Å². The number of para-hydroxylation sites is 4. The van der Waals surface area contributed by atoms with Crippen LogP contribution in [0.3, 0.4) is 0 Å². The maximum absolute atomic E-state index is 2.53. The van der Waals surface area contributed by atoms with Gasteiger partial charge in [0.25, 0.3) is 0 Å². The standard InChI is InChI=1S/C86H68N4/c1-63-41-50-80(90(85-40-21-26-69-24-15-17-38-82(69)85)78-57-48-67(49-58-78)65-44-53-76(54-45-65)88(73-32-10-4-11-33-73)74-34-12-5-13-35-74)62-83(63)86(59-18-19-60-86)70-27-22-36-79(61-70)89(84-39-20-25-68-23-14-16-37-81(68)84)77-55-46-66(47-56-77)64-42-51-75(52-43-64)87(71-28-6-2-7-29-71)72-30-8-3-9-31-72/h2-17,20-58,61-62H,18-19,59-60H2,1H3. The Hall–Kier alpha value is -11.2. The van der Waals surface area contributed by atoms with E-state index in [-0.39, 0.29) is 5.41 Å². The maximum atomic E-state index is 2.53. The van der Waals surface area contributed by atoms with E-state index in [1.807, 2.05) is 0 Å². The lowest BCUT2D eigenvalue weighted by atomic mass is 9.71. The molecule has 0 unspecified atom stereocenters. The zero-order chi connectivity index (χ0) is 60.2. The van der Waals surface area contributed by atoms with Crippen LogP contribution in [-0.2, 0) is 5.41 Å². The summed E-state index contributed by atoms with van der Waals surface area (Å²) in [6.07, 6.45) is 4.44. The molecule has 0 radical (unpaired) electrons. The summed E-state index contributed by atoms with van der Waals surface area (Å²) in [7, 11) is 0. The summed E-state index contributed by atoms with van der Waals surface area (Å²) in [4.78, 5) is 9.59. The largest absolute Gasteiger partial charge is 0.311 e. The second kappa shape index (κ2) is 24.5. The van der Waals surface area contributed by atoms with Gasteiger partial charge in [-0.2, -0.15) is 0 Å². The Morgan fingerprint density at radius 2 is 0.544 bits per heavy atom. The van der Waals surface area contributed by atoms with Crippen molar-refractivity contribution in [2.24, 2.45) is 0 Å². The highest BCUT2D eigenvalue weighted by atomic mass is 15.2. The number of aryl methyl sites for hydroxylation is 1. The predicted molar refractivity (Wildman–Crippen MR) is 381 cm³/mol. The summed E-state index contributed by atoms with van der Waals surface area (Å²) < 4.78 is 0. The highest BCUT2D eigenvalue weighted by Crippen LogP contribution is 2.52. The van der Waals surface area contributed by atoms with Crippen LogP contribution in [-0.4, -0.2) is 0 Å². The minimum Gasteiger partial charge on any atom is -0.311 e. The number of nitrogens with zero attached hydrogens (tertiary/aromatic N) is 4. The summed E-state index contributed by atoms with van der Waals surface area (Å²) in [5.41, 5.74) is 22.0. The number of anilines is 12. The normalized spacial score (nSPS) is 12.6. The van der Waals surface area contributed by atoms with Crippen LogP contribution in [0.25, 0.3) is 43.8 Å². The highest BCUT2D eigenvalue weighted by molar-refractivity contribution is 6.01. The molecule has 4 nitrogen and oxygen atoms in total. The summed E-state index contributed by atoms with van der Waals surface area (Å²) in [5.74, 6) is 0. The SMILES string of the molecule is Cc1ccc(N(c2ccc(-c3ccc(N(c4ccccc4)c4ccccc4)cc3)cc2)c2cccc3ccccc23)cc1C1(c2cccc(N(c3ccc(-c4ccc(N(c5ccccc5)c5ccccc5)cc4)cc3)c3cccc4ccccc34)c2)CCCC1. The van der Waals surface area contributed by atoms with Crippen LogP contribution in [0.5, 0.6) is 0 Å². The fraction of sp³-hybridized carbons (Fsp3) is 0.0698. The Kier molecular flexibility index (Phi) is 15.1. The molecule has 1 aliphatic rings. The molecule has 0 saturated heterocycles. The van der Waals surface area contributed by atoms with Crippen molar-refractivity contribution in [2.75, 3.05) is 19.6 Å². The molecule has 0 heterocycles. The lowest BCUT2D eigenvalue weighted by Crippen LogP contribution is -2.26. The number of benzene rings is 14. The first kappa shape index (κ1) is 55.4. The van der Waals surface area contributed by atoms with Gasteiger partial charge in [-0.1, -0.05) is 225 Å². The van der Waals surface area contributed by atoms with E-state index in [1.54, 1.807) is 0 Å². The Balaban J connectivity index is 0.785. The van der Waals surface area contributed by atoms with E-state index in [0.29, 0.717) is 0 Å². The molecule has 0 aliphatic heterocycles. The topological polar surface area (TPSA) is 13.0 Å². The third kappa shape index (κ3) is 10.7. The van der Waals surface area contributed by atoms with E-state index < -0.39 is 0 Å². The summed E-state index contributed by atoms with van der Waals surface area (Å²) in [6, 6.07) is 126. The molecule has 15 rings (SSSR count). The van der Waals surface area contributed by atoms with Crippen LogP contribution >= 0.6 is 0 Å². The van der Waals surface area contributed by atoms with E-state index >= 15 is 0 Å². The average molecular weight is 1160 g/mol. The van der Waals surface area contributed by atoms with Crippen molar-refractivity contribution in [3.8, 4) is 22.3 Å². The molecule has 1 aliphatic carbocycles. The van der Waals surface area contributed by atoms with Gasteiger partial charge in [-0.15, -0.1) is 0 Å². The molecule has 0 bridgehead atoms. The van der Waals surface area contributed by atoms with Crippen molar-refractivity contribution < 1.29 is 0 Å². The van der Waals surface area contributed by atoms with Gasteiger partial charge in [0.05, 0.1) is 11.4 Å². The molecule has 0 atom stereocenters. The molecule has 4 heteroatoms. The van der Waals surface area contributed by atoms with Crippen molar-refractivity contribution in [1.29, 1.82) is 0 Å². The number of fused-ring (bicyclic) bond motifs is 2. The zero-order valence-electron chi connectivity index (χ0n) is 50.5. The molecule has 0 spiro atoms. The van der Waals surface area contributed by atoms with Crippen molar-refractivity contribution >= 4 is 89.8 Å². The van der Waals surface area contributed by atoms with Gasteiger partial charge in [0.15, 0.2) is 0 Å². The van der Waals surface area contributed by atoms with Gasteiger partial charge in [-0.3, -0.25) is 0 Å². The van der Waals surface area contributed by atoms with Gasteiger partial charge in [-0.05, 0) is 203 Å². The van der Waals surface area contributed by atoms with E-state index in [9.17, 15) is 0 Å². The molecule has 1 fully saturated rings. The Morgan fingerprint density at radius 3 is 0.944 bits per heavy atom. The predicted octanol–water partition coefficient (Wildman–Crippen LogP) is 24.4. The molecule has 0 aromatic heterocycles. The molecule has 0 amide bonds. The van der Waals surface area contributed by atoms with Gasteiger partial charge in [0.2, 0.25) is 0 Å². The summed E-state index contributed by atoms with van der Waals surface area (Å²) >= 11 is 0. The van der Waals surface area contributed by atoms with Crippen LogP contribution in [0, 0.1) is 6.92 Å². The minimum absolute atomic E-state index is 0.218. The smallest absolute Gasteiger partial charge is 0.0540 e. The number of hydrogen-bond acceptors (Lipinski definition) is 4. The van der Waals surface area contributed by atoms with Gasteiger partial charge in [0, 0.05) is 73.1 Å². The first-order chi connectivity index (χ1) is 44.5. The van der Waals surface area contributed by atoms with Crippen LogP contribution in [0.4, 0.5) is 68.2 Å². The lowest BCUT2D eigenvalue weighted by molar-refractivity contribution is 0.532. The van der Waals surface area contributed by atoms with Crippen LogP contribution in [0.15, 0.2) is 346 Å². The molecule has 1 saturated carbocycles. The monoisotopic (exact) mass is 1160 g/mol.